The molecule has 0 aliphatic heterocycles. The third-order valence-corrected chi connectivity index (χ3v) is 4.00. The van der Waals surface area contributed by atoms with Crippen molar-refractivity contribution >= 4 is 0 Å². The highest BCUT2D eigenvalue weighted by molar-refractivity contribution is 4.82. The Morgan fingerprint density at radius 3 is 2.12 bits per heavy atom. The highest BCUT2D eigenvalue weighted by Crippen LogP contribution is 2.33. The lowest BCUT2D eigenvalue weighted by Crippen LogP contribution is -2.29. The van der Waals surface area contributed by atoms with Gasteiger partial charge in [0.05, 0.1) is 0 Å². The Kier molecular flexibility index (Phi) is 5.79. The van der Waals surface area contributed by atoms with E-state index in [0.717, 1.165) is 18.4 Å². The zero-order chi connectivity index (χ0) is 11.9. The van der Waals surface area contributed by atoms with Crippen molar-refractivity contribution < 1.29 is 0 Å². The van der Waals surface area contributed by atoms with Gasteiger partial charge in [0.1, 0.15) is 0 Å². The normalized spacial score (nSPS) is 20.1. The van der Waals surface area contributed by atoms with E-state index in [9.17, 15) is 0 Å². The molecule has 2 nitrogen and oxygen atoms in total. The van der Waals surface area contributed by atoms with Crippen molar-refractivity contribution in [1.29, 1.82) is 0 Å². The van der Waals surface area contributed by atoms with Gasteiger partial charge >= 0.3 is 0 Å². The summed E-state index contributed by atoms with van der Waals surface area (Å²) in [6, 6.07) is 0. The zero-order valence-corrected chi connectivity index (χ0v) is 11.6. The number of hydrogen-bond acceptors (Lipinski definition) is 2. The van der Waals surface area contributed by atoms with Crippen LogP contribution in [0.1, 0.15) is 51.9 Å². The first kappa shape index (κ1) is 13.4. The molecule has 2 saturated carbocycles. The van der Waals surface area contributed by atoms with Crippen molar-refractivity contribution in [2.75, 3.05) is 32.7 Å². The van der Waals surface area contributed by atoms with Crippen molar-refractivity contribution in [2.24, 2.45) is 11.8 Å². The molecule has 17 heavy (non-hydrogen) atoms. The number of rotatable bonds is 11. The van der Waals surface area contributed by atoms with E-state index >= 15 is 0 Å². The molecule has 0 aromatic carbocycles. The third-order valence-electron chi connectivity index (χ3n) is 4.00. The zero-order valence-electron chi connectivity index (χ0n) is 11.6. The molecular formula is C15H30N2. The summed E-state index contributed by atoms with van der Waals surface area (Å²) in [5, 5.41) is 3.41. The minimum Gasteiger partial charge on any atom is -0.317 e. The molecule has 0 amide bonds. The Labute approximate surface area is 107 Å². The molecule has 0 aromatic heterocycles. The minimum atomic E-state index is 1.07. The fourth-order valence-corrected chi connectivity index (χ4v) is 2.53. The van der Waals surface area contributed by atoms with Crippen molar-refractivity contribution in [3.8, 4) is 0 Å². The Morgan fingerprint density at radius 2 is 1.59 bits per heavy atom. The third kappa shape index (κ3) is 6.42. The molecule has 0 aromatic rings. The van der Waals surface area contributed by atoms with Crippen molar-refractivity contribution in [3.05, 3.63) is 0 Å². The molecule has 0 radical (unpaired) electrons. The molecule has 0 atom stereocenters. The number of nitrogens with zero attached hydrogens (tertiary/aromatic N) is 1. The second kappa shape index (κ2) is 7.38. The van der Waals surface area contributed by atoms with Crippen LogP contribution in [-0.4, -0.2) is 37.6 Å². The van der Waals surface area contributed by atoms with E-state index in [2.05, 4.69) is 17.1 Å². The van der Waals surface area contributed by atoms with E-state index in [-0.39, 0.29) is 0 Å². The quantitative estimate of drug-likeness (QED) is 0.557. The van der Waals surface area contributed by atoms with Crippen LogP contribution in [-0.2, 0) is 0 Å². The average molecular weight is 238 g/mol. The molecule has 2 fully saturated rings. The van der Waals surface area contributed by atoms with Crippen molar-refractivity contribution in [1.82, 2.24) is 10.2 Å². The summed E-state index contributed by atoms with van der Waals surface area (Å²) in [6.45, 7) is 8.69. The molecule has 0 bridgehead atoms. The molecule has 2 heteroatoms. The minimum absolute atomic E-state index is 1.07. The first-order chi connectivity index (χ1) is 8.38. The van der Waals surface area contributed by atoms with E-state index < -0.39 is 0 Å². The first-order valence-corrected chi connectivity index (χ1v) is 7.81. The topological polar surface area (TPSA) is 15.3 Å². The van der Waals surface area contributed by atoms with Crippen molar-refractivity contribution in [3.63, 3.8) is 0 Å². The molecule has 0 heterocycles. The lowest BCUT2D eigenvalue weighted by molar-refractivity contribution is 0.247. The highest BCUT2D eigenvalue weighted by atomic mass is 15.1. The number of unbranched alkanes of at least 4 members (excludes halogenated alkanes) is 2. The summed E-state index contributed by atoms with van der Waals surface area (Å²) >= 11 is 0. The largest absolute Gasteiger partial charge is 0.317 e. The summed E-state index contributed by atoms with van der Waals surface area (Å²) in [7, 11) is 0. The standard InChI is InChI=1S/C15H30N2/c1-2-16-10-4-3-5-11-17(12-14-6-7-14)13-15-8-9-15/h14-16H,2-13H2,1H3. The van der Waals surface area contributed by atoms with Crippen LogP contribution < -0.4 is 5.32 Å². The maximum absolute atomic E-state index is 3.41. The molecule has 0 spiro atoms. The maximum Gasteiger partial charge on any atom is 0.000978 e. The van der Waals surface area contributed by atoms with E-state index in [0.29, 0.717) is 0 Å². The van der Waals surface area contributed by atoms with Gasteiger partial charge in [-0.3, -0.25) is 0 Å². The second-order valence-electron chi connectivity index (χ2n) is 6.06. The van der Waals surface area contributed by atoms with Crippen LogP contribution in [0.3, 0.4) is 0 Å². The predicted molar refractivity (Wildman–Crippen MR) is 74.3 cm³/mol. The van der Waals surface area contributed by atoms with E-state index in [1.54, 1.807) is 0 Å². The smallest absolute Gasteiger partial charge is 0.000978 e. The Balaban J connectivity index is 1.49. The summed E-state index contributed by atoms with van der Waals surface area (Å²) in [5.74, 6) is 2.13. The Bertz CT molecular complexity index is 183. The van der Waals surface area contributed by atoms with Crippen LogP contribution in [0.15, 0.2) is 0 Å². The van der Waals surface area contributed by atoms with Gasteiger partial charge in [-0.15, -0.1) is 0 Å². The summed E-state index contributed by atoms with van der Waals surface area (Å²) in [5.41, 5.74) is 0. The SMILES string of the molecule is CCNCCCCCN(CC1CC1)CC1CC1. The molecule has 0 unspecified atom stereocenters. The lowest BCUT2D eigenvalue weighted by Gasteiger charge is -2.22. The predicted octanol–water partition coefficient (Wildman–Crippen LogP) is 2.89. The van der Waals surface area contributed by atoms with Crippen LogP contribution in [0.5, 0.6) is 0 Å². The van der Waals surface area contributed by atoms with Crippen LogP contribution in [0.2, 0.25) is 0 Å². The van der Waals surface area contributed by atoms with Gasteiger partial charge in [-0.25, -0.2) is 0 Å². The lowest BCUT2D eigenvalue weighted by atomic mass is 10.2. The van der Waals surface area contributed by atoms with Gasteiger partial charge in [0, 0.05) is 13.1 Å². The summed E-state index contributed by atoms with van der Waals surface area (Å²) < 4.78 is 0. The summed E-state index contributed by atoms with van der Waals surface area (Å²) in [6.07, 6.45) is 10.2. The van der Waals surface area contributed by atoms with E-state index in [4.69, 9.17) is 0 Å². The van der Waals surface area contributed by atoms with E-state index in [1.807, 2.05) is 0 Å². The molecule has 2 aliphatic carbocycles. The Morgan fingerprint density at radius 1 is 0.941 bits per heavy atom. The first-order valence-electron chi connectivity index (χ1n) is 7.81. The van der Waals surface area contributed by atoms with Gasteiger partial charge in [0.15, 0.2) is 0 Å². The maximum atomic E-state index is 3.41. The fraction of sp³-hybridized carbons (Fsp3) is 1.00. The molecular weight excluding hydrogens is 208 g/mol. The van der Waals surface area contributed by atoms with Gasteiger partial charge in [0.2, 0.25) is 0 Å². The van der Waals surface area contributed by atoms with Gasteiger partial charge in [-0.1, -0.05) is 13.3 Å². The number of nitrogens with one attached hydrogen (secondary N) is 1. The van der Waals surface area contributed by atoms with Gasteiger partial charge in [0.25, 0.3) is 0 Å². The van der Waals surface area contributed by atoms with Crippen molar-refractivity contribution in [2.45, 2.75) is 51.9 Å². The van der Waals surface area contributed by atoms with Crippen LogP contribution in [0, 0.1) is 11.8 Å². The van der Waals surface area contributed by atoms with Gasteiger partial charge in [-0.05, 0) is 70.0 Å². The molecule has 2 aliphatic rings. The van der Waals surface area contributed by atoms with Crippen LogP contribution in [0.25, 0.3) is 0 Å². The Hall–Kier alpha value is -0.0800. The highest BCUT2D eigenvalue weighted by Gasteiger charge is 2.28. The van der Waals surface area contributed by atoms with Gasteiger partial charge < -0.3 is 10.2 Å². The van der Waals surface area contributed by atoms with E-state index in [1.165, 1.54) is 71.1 Å². The van der Waals surface area contributed by atoms with Crippen LogP contribution in [0.4, 0.5) is 0 Å². The molecule has 2 rings (SSSR count). The molecule has 100 valence electrons. The molecule has 1 N–H and O–H groups in total. The second-order valence-corrected chi connectivity index (χ2v) is 6.06. The monoisotopic (exact) mass is 238 g/mol. The summed E-state index contributed by atoms with van der Waals surface area (Å²) in [4.78, 5) is 2.77. The number of hydrogen-bond donors (Lipinski definition) is 1. The average Bonchev–Trinajstić information content (AvgIpc) is 3.18. The molecule has 0 saturated heterocycles. The van der Waals surface area contributed by atoms with Gasteiger partial charge in [-0.2, -0.15) is 0 Å². The fourth-order valence-electron chi connectivity index (χ4n) is 2.53. The van der Waals surface area contributed by atoms with Crippen LogP contribution >= 0.6 is 0 Å².